The largest absolute Gasteiger partial charge is 0.394 e. The van der Waals surface area contributed by atoms with Crippen molar-refractivity contribution < 1.29 is 4.79 Å². The van der Waals surface area contributed by atoms with Crippen LogP contribution in [-0.4, -0.2) is 15.6 Å². The van der Waals surface area contributed by atoms with Crippen LogP contribution in [0.2, 0.25) is 5.02 Å². The summed E-state index contributed by atoms with van der Waals surface area (Å²) in [4.78, 5) is 12.7. The number of carbonyl (C=O) groups excluding carboxylic acids is 1. The van der Waals surface area contributed by atoms with Crippen LogP contribution in [0.25, 0.3) is 5.69 Å². The number of ketones is 1. The molecule has 0 unspecified atom stereocenters. The van der Waals surface area contributed by atoms with Crippen LogP contribution in [-0.2, 0) is 0 Å². The Labute approximate surface area is 138 Å². The first kappa shape index (κ1) is 15.1. The first-order chi connectivity index (χ1) is 11.0. The average Bonchev–Trinajstić information content (AvgIpc) is 2.84. The van der Waals surface area contributed by atoms with Crippen molar-refractivity contribution in [3.8, 4) is 5.69 Å². The zero-order valence-corrected chi connectivity index (χ0v) is 13.2. The van der Waals surface area contributed by atoms with Crippen LogP contribution in [0.5, 0.6) is 0 Å². The van der Waals surface area contributed by atoms with Crippen LogP contribution in [0.15, 0.2) is 48.5 Å². The predicted molar refractivity (Wildman–Crippen MR) is 92.0 cm³/mol. The molecule has 1 aromatic heterocycles. The van der Waals surface area contributed by atoms with E-state index in [4.69, 9.17) is 23.1 Å². The molecule has 116 valence electrons. The van der Waals surface area contributed by atoms with Gasteiger partial charge in [0.1, 0.15) is 5.69 Å². The number of anilines is 2. The van der Waals surface area contributed by atoms with Crippen LogP contribution in [0.1, 0.15) is 21.6 Å². The van der Waals surface area contributed by atoms with Crippen molar-refractivity contribution in [3.05, 3.63) is 70.4 Å². The third-order valence-electron chi connectivity index (χ3n) is 3.64. The van der Waals surface area contributed by atoms with Crippen molar-refractivity contribution in [1.29, 1.82) is 0 Å². The second-order valence-electron chi connectivity index (χ2n) is 5.18. The van der Waals surface area contributed by atoms with Crippen molar-refractivity contribution in [1.82, 2.24) is 9.78 Å². The van der Waals surface area contributed by atoms with Gasteiger partial charge in [-0.1, -0.05) is 35.9 Å². The minimum atomic E-state index is -0.250. The lowest BCUT2D eigenvalue weighted by molar-refractivity contribution is 0.103. The van der Waals surface area contributed by atoms with Crippen LogP contribution in [0.3, 0.4) is 0 Å². The number of halogens is 1. The van der Waals surface area contributed by atoms with E-state index in [-0.39, 0.29) is 23.0 Å². The molecule has 0 radical (unpaired) electrons. The molecule has 0 spiro atoms. The summed E-state index contributed by atoms with van der Waals surface area (Å²) in [5, 5.41) is 4.90. The molecule has 3 rings (SSSR count). The van der Waals surface area contributed by atoms with Crippen molar-refractivity contribution in [3.63, 3.8) is 0 Å². The fourth-order valence-corrected chi connectivity index (χ4v) is 2.47. The van der Waals surface area contributed by atoms with Gasteiger partial charge in [0.2, 0.25) is 5.78 Å². The number of carbonyl (C=O) groups is 1. The maximum Gasteiger partial charge on any atom is 0.215 e. The minimum Gasteiger partial charge on any atom is -0.394 e. The molecule has 0 aliphatic rings. The zero-order chi connectivity index (χ0) is 16.6. The molecule has 4 N–H and O–H groups in total. The van der Waals surface area contributed by atoms with E-state index in [2.05, 4.69) is 5.10 Å². The summed E-state index contributed by atoms with van der Waals surface area (Å²) in [6.07, 6.45) is 0. The van der Waals surface area contributed by atoms with Crippen molar-refractivity contribution in [2.45, 2.75) is 6.92 Å². The Morgan fingerprint density at radius 2 is 1.74 bits per heavy atom. The third kappa shape index (κ3) is 2.66. The zero-order valence-electron chi connectivity index (χ0n) is 12.5. The van der Waals surface area contributed by atoms with Crippen LogP contribution < -0.4 is 11.5 Å². The molecule has 1 heterocycles. The Balaban J connectivity index is 2.08. The Bertz CT molecular complexity index is 884. The van der Waals surface area contributed by atoms with Crippen molar-refractivity contribution in [2.75, 3.05) is 11.5 Å². The van der Waals surface area contributed by atoms with E-state index in [0.29, 0.717) is 16.3 Å². The smallest absolute Gasteiger partial charge is 0.215 e. The Kier molecular flexibility index (Phi) is 3.80. The van der Waals surface area contributed by atoms with Crippen molar-refractivity contribution in [2.24, 2.45) is 0 Å². The fraction of sp³-hybridized carbons (Fsp3) is 0.0588. The van der Waals surface area contributed by atoms with Crippen LogP contribution in [0, 0.1) is 6.92 Å². The first-order valence-electron chi connectivity index (χ1n) is 6.99. The monoisotopic (exact) mass is 326 g/mol. The van der Waals surface area contributed by atoms with E-state index in [0.717, 1.165) is 5.56 Å². The number of benzene rings is 2. The lowest BCUT2D eigenvalue weighted by Crippen LogP contribution is -2.07. The Hall–Kier alpha value is -2.79. The van der Waals surface area contributed by atoms with E-state index in [1.165, 1.54) is 4.68 Å². The van der Waals surface area contributed by atoms with Gasteiger partial charge in [-0.25, -0.2) is 4.68 Å². The minimum absolute atomic E-state index is 0.145. The van der Waals surface area contributed by atoms with Gasteiger partial charge in [0.25, 0.3) is 0 Å². The topological polar surface area (TPSA) is 86.9 Å². The van der Waals surface area contributed by atoms with Gasteiger partial charge in [0, 0.05) is 10.6 Å². The lowest BCUT2D eigenvalue weighted by Gasteiger charge is -2.03. The summed E-state index contributed by atoms with van der Waals surface area (Å²) in [6, 6.07) is 14.2. The van der Waals surface area contributed by atoms with Gasteiger partial charge in [-0.05, 0) is 36.8 Å². The average molecular weight is 327 g/mol. The molecule has 23 heavy (non-hydrogen) atoms. The van der Waals surface area contributed by atoms with Gasteiger partial charge < -0.3 is 11.5 Å². The highest BCUT2D eigenvalue weighted by molar-refractivity contribution is 6.30. The molecule has 0 saturated heterocycles. The number of hydrogen-bond acceptors (Lipinski definition) is 4. The van der Waals surface area contributed by atoms with Gasteiger partial charge >= 0.3 is 0 Å². The van der Waals surface area contributed by atoms with E-state index >= 15 is 0 Å². The Morgan fingerprint density at radius 1 is 1.09 bits per heavy atom. The molecular formula is C17H15ClN4O. The van der Waals surface area contributed by atoms with E-state index in [1.807, 2.05) is 19.1 Å². The number of rotatable bonds is 3. The van der Waals surface area contributed by atoms with Gasteiger partial charge in [0.05, 0.1) is 5.69 Å². The molecule has 0 aliphatic heterocycles. The third-order valence-corrected chi connectivity index (χ3v) is 3.89. The number of hydrogen-bond donors (Lipinski definition) is 2. The number of aromatic nitrogens is 2. The molecule has 3 aromatic rings. The normalized spacial score (nSPS) is 10.7. The van der Waals surface area contributed by atoms with Gasteiger partial charge in [-0.3, -0.25) is 4.79 Å². The standard InChI is InChI=1S/C17H15ClN4O/c1-10-4-2-3-5-13(10)16(23)15-14(19)17(20)22(21-15)12-8-6-11(18)7-9-12/h2-9H,19-20H2,1H3. The number of nitrogen functional groups attached to an aromatic ring is 2. The summed E-state index contributed by atoms with van der Waals surface area (Å²) in [7, 11) is 0. The van der Waals surface area contributed by atoms with E-state index < -0.39 is 0 Å². The predicted octanol–water partition coefficient (Wildman–Crippen LogP) is 3.23. The highest BCUT2D eigenvalue weighted by Gasteiger charge is 2.22. The summed E-state index contributed by atoms with van der Waals surface area (Å²) in [5.41, 5.74) is 14.4. The SMILES string of the molecule is Cc1ccccc1C(=O)c1nn(-c2ccc(Cl)cc2)c(N)c1N. The number of aryl methyl sites for hydroxylation is 1. The first-order valence-corrected chi connectivity index (χ1v) is 7.37. The molecule has 0 saturated carbocycles. The highest BCUT2D eigenvalue weighted by Crippen LogP contribution is 2.26. The molecule has 0 amide bonds. The molecule has 0 bridgehead atoms. The molecule has 0 atom stereocenters. The summed E-state index contributed by atoms with van der Waals surface area (Å²) < 4.78 is 1.44. The van der Waals surface area contributed by atoms with Crippen LogP contribution >= 0.6 is 11.6 Å². The van der Waals surface area contributed by atoms with Gasteiger partial charge in [-0.15, -0.1) is 0 Å². The fourth-order valence-electron chi connectivity index (χ4n) is 2.35. The quantitative estimate of drug-likeness (QED) is 0.723. The number of nitrogens with two attached hydrogens (primary N) is 2. The summed E-state index contributed by atoms with van der Waals surface area (Å²) in [5.74, 6) is -0.0238. The van der Waals surface area contributed by atoms with E-state index in [1.54, 1.807) is 36.4 Å². The van der Waals surface area contributed by atoms with Crippen LogP contribution in [0.4, 0.5) is 11.5 Å². The lowest BCUT2D eigenvalue weighted by atomic mass is 10.0. The molecular weight excluding hydrogens is 312 g/mol. The van der Waals surface area contributed by atoms with E-state index in [9.17, 15) is 4.79 Å². The molecule has 2 aromatic carbocycles. The van der Waals surface area contributed by atoms with Crippen molar-refractivity contribution >= 4 is 28.9 Å². The van der Waals surface area contributed by atoms with Gasteiger partial charge in [-0.2, -0.15) is 5.10 Å². The summed E-state index contributed by atoms with van der Waals surface area (Å²) >= 11 is 5.88. The molecule has 0 aliphatic carbocycles. The molecule has 0 fully saturated rings. The van der Waals surface area contributed by atoms with Gasteiger partial charge in [0.15, 0.2) is 11.5 Å². The maximum absolute atomic E-state index is 12.7. The second-order valence-corrected chi connectivity index (χ2v) is 5.62. The second kappa shape index (κ2) is 5.78. The maximum atomic E-state index is 12.7. The Morgan fingerprint density at radius 3 is 2.39 bits per heavy atom. The molecule has 6 heteroatoms. The highest BCUT2D eigenvalue weighted by atomic mass is 35.5. The molecule has 5 nitrogen and oxygen atoms in total. The summed E-state index contributed by atoms with van der Waals surface area (Å²) in [6.45, 7) is 1.86. The number of nitrogens with zero attached hydrogens (tertiary/aromatic N) is 2.